The lowest BCUT2D eigenvalue weighted by Crippen LogP contribution is -2.01. The van der Waals surface area contributed by atoms with Crippen molar-refractivity contribution >= 4 is 12.2 Å². The molecule has 20 heavy (non-hydrogen) atoms. The van der Waals surface area contributed by atoms with E-state index >= 15 is 0 Å². The third kappa shape index (κ3) is 3.38. The van der Waals surface area contributed by atoms with Crippen LogP contribution in [0.2, 0.25) is 0 Å². The van der Waals surface area contributed by atoms with Crippen molar-refractivity contribution in [2.45, 2.75) is 27.2 Å². The fourth-order valence-corrected chi connectivity index (χ4v) is 1.83. The molecule has 0 saturated heterocycles. The lowest BCUT2D eigenvalue weighted by molar-refractivity contribution is 0.317. The molecule has 2 N–H and O–H groups in total. The van der Waals surface area contributed by atoms with Crippen molar-refractivity contribution in [3.63, 3.8) is 0 Å². The smallest absolute Gasteiger partial charge is 0.221 e. The lowest BCUT2D eigenvalue weighted by atomic mass is 10.1. The average molecular weight is 272 g/mol. The Morgan fingerprint density at radius 3 is 2.85 bits per heavy atom. The molecule has 0 aliphatic heterocycles. The Bertz CT molecular complexity index is 616. The molecule has 1 aromatic carbocycles. The predicted octanol–water partition coefficient (Wildman–Crippen LogP) is 2.75. The highest BCUT2D eigenvalue weighted by atomic mass is 16.5. The molecule has 0 bridgehead atoms. The zero-order valence-corrected chi connectivity index (χ0v) is 12.1. The van der Waals surface area contributed by atoms with Gasteiger partial charge < -0.3 is 10.5 Å². The van der Waals surface area contributed by atoms with Crippen LogP contribution in [0.5, 0.6) is 5.75 Å². The molecule has 0 aliphatic rings. The highest BCUT2D eigenvalue weighted by Crippen LogP contribution is 2.19. The number of hydrogen-bond acceptors (Lipinski definition) is 4. The minimum Gasteiger partial charge on any atom is -0.493 e. The Balaban J connectivity index is 2.27. The monoisotopic (exact) mass is 272 g/mol. The number of imidazole rings is 1. The molecule has 0 atom stereocenters. The van der Waals surface area contributed by atoms with Gasteiger partial charge in [0.1, 0.15) is 5.75 Å². The number of aryl methyl sites for hydroxylation is 2. The first-order valence-electron chi connectivity index (χ1n) is 6.69. The predicted molar refractivity (Wildman–Crippen MR) is 81.3 cm³/mol. The van der Waals surface area contributed by atoms with Crippen LogP contribution >= 0.6 is 0 Å². The maximum atomic E-state index is 5.76. The molecule has 0 spiro atoms. The largest absolute Gasteiger partial charge is 0.493 e. The molecular formula is C15H20N4O. The van der Waals surface area contributed by atoms with Gasteiger partial charge in [0.05, 0.1) is 24.7 Å². The van der Waals surface area contributed by atoms with Crippen molar-refractivity contribution in [1.82, 2.24) is 9.66 Å². The van der Waals surface area contributed by atoms with E-state index in [0.29, 0.717) is 12.6 Å². The van der Waals surface area contributed by atoms with E-state index in [0.717, 1.165) is 29.0 Å². The number of hydrogen-bond donors (Lipinski definition) is 1. The van der Waals surface area contributed by atoms with Gasteiger partial charge in [-0.2, -0.15) is 5.10 Å². The summed E-state index contributed by atoms with van der Waals surface area (Å²) in [5, 5.41) is 4.33. The summed E-state index contributed by atoms with van der Waals surface area (Å²) in [6.07, 6.45) is 4.50. The molecule has 0 unspecified atom stereocenters. The number of anilines is 1. The quantitative estimate of drug-likeness (QED) is 0.851. The zero-order chi connectivity index (χ0) is 14.5. The molecule has 2 aromatic rings. The minimum absolute atomic E-state index is 0.377. The van der Waals surface area contributed by atoms with Crippen LogP contribution < -0.4 is 10.5 Å². The first-order chi connectivity index (χ1) is 9.60. The molecule has 5 heteroatoms. The van der Waals surface area contributed by atoms with Crippen molar-refractivity contribution in [2.24, 2.45) is 5.10 Å². The van der Waals surface area contributed by atoms with Crippen molar-refractivity contribution in [3.05, 3.63) is 41.2 Å². The van der Waals surface area contributed by atoms with Gasteiger partial charge >= 0.3 is 0 Å². The standard InChI is InChI=1S/C15H20N4O/c1-4-7-20-14-6-5-11(2)8-13(14)9-17-19-10-12(3)18-15(19)16/h5-6,8-10H,4,7H2,1-3H3,(H2,16,18). The zero-order valence-electron chi connectivity index (χ0n) is 12.1. The van der Waals surface area contributed by atoms with Gasteiger partial charge in [0.2, 0.25) is 5.95 Å². The first-order valence-corrected chi connectivity index (χ1v) is 6.69. The Kier molecular flexibility index (Phi) is 4.40. The summed E-state index contributed by atoms with van der Waals surface area (Å²) in [6.45, 7) is 6.69. The van der Waals surface area contributed by atoms with Gasteiger partial charge in [0.25, 0.3) is 0 Å². The van der Waals surface area contributed by atoms with Crippen LogP contribution in [0.3, 0.4) is 0 Å². The van der Waals surface area contributed by atoms with Gasteiger partial charge in [-0.25, -0.2) is 9.66 Å². The van der Waals surface area contributed by atoms with Crippen LogP contribution in [-0.2, 0) is 0 Å². The Hall–Kier alpha value is -2.30. The summed E-state index contributed by atoms with van der Waals surface area (Å²) in [5.41, 5.74) is 8.69. The molecule has 106 valence electrons. The minimum atomic E-state index is 0.377. The molecule has 2 rings (SSSR count). The van der Waals surface area contributed by atoms with Crippen molar-refractivity contribution in [3.8, 4) is 5.75 Å². The lowest BCUT2D eigenvalue weighted by Gasteiger charge is -2.08. The van der Waals surface area contributed by atoms with Crippen molar-refractivity contribution in [1.29, 1.82) is 0 Å². The molecule has 0 fully saturated rings. The maximum Gasteiger partial charge on any atom is 0.221 e. The highest BCUT2D eigenvalue weighted by Gasteiger charge is 2.03. The second-order valence-electron chi connectivity index (χ2n) is 4.72. The summed E-state index contributed by atoms with van der Waals surface area (Å²) in [7, 11) is 0. The Labute approximate surface area is 119 Å². The fraction of sp³-hybridized carbons (Fsp3) is 0.333. The molecule has 0 saturated carbocycles. The van der Waals surface area contributed by atoms with Crippen LogP contribution in [0.25, 0.3) is 0 Å². The van der Waals surface area contributed by atoms with Gasteiger partial charge in [-0.15, -0.1) is 0 Å². The number of benzene rings is 1. The van der Waals surface area contributed by atoms with Crippen LogP contribution in [-0.4, -0.2) is 22.5 Å². The van der Waals surface area contributed by atoms with E-state index in [2.05, 4.69) is 17.0 Å². The van der Waals surface area contributed by atoms with Crippen LogP contribution in [0, 0.1) is 13.8 Å². The van der Waals surface area contributed by atoms with E-state index in [9.17, 15) is 0 Å². The maximum absolute atomic E-state index is 5.76. The molecule has 0 radical (unpaired) electrons. The number of ether oxygens (including phenoxy) is 1. The Morgan fingerprint density at radius 1 is 1.40 bits per heavy atom. The van der Waals surface area contributed by atoms with E-state index in [1.54, 1.807) is 17.1 Å². The average Bonchev–Trinajstić information content (AvgIpc) is 2.73. The molecule has 0 amide bonds. The molecule has 1 aromatic heterocycles. The van der Waals surface area contributed by atoms with Crippen LogP contribution in [0.15, 0.2) is 29.5 Å². The van der Waals surface area contributed by atoms with E-state index in [1.807, 2.05) is 32.0 Å². The highest BCUT2D eigenvalue weighted by molar-refractivity contribution is 5.83. The van der Waals surface area contributed by atoms with E-state index in [1.165, 1.54) is 0 Å². The van der Waals surface area contributed by atoms with Gasteiger partial charge in [-0.1, -0.05) is 18.6 Å². The van der Waals surface area contributed by atoms with E-state index < -0.39 is 0 Å². The first kappa shape index (κ1) is 14.1. The fourth-order valence-electron chi connectivity index (χ4n) is 1.83. The second-order valence-corrected chi connectivity index (χ2v) is 4.72. The molecule has 5 nitrogen and oxygen atoms in total. The van der Waals surface area contributed by atoms with Gasteiger partial charge in [0, 0.05) is 5.56 Å². The van der Waals surface area contributed by atoms with Crippen LogP contribution in [0.4, 0.5) is 5.95 Å². The van der Waals surface area contributed by atoms with Crippen molar-refractivity contribution in [2.75, 3.05) is 12.3 Å². The molecular weight excluding hydrogens is 252 g/mol. The molecule has 0 aliphatic carbocycles. The summed E-state index contributed by atoms with van der Waals surface area (Å²) < 4.78 is 7.27. The van der Waals surface area contributed by atoms with E-state index in [4.69, 9.17) is 10.5 Å². The summed E-state index contributed by atoms with van der Waals surface area (Å²) in [6, 6.07) is 6.03. The molecule has 1 heterocycles. The number of aromatic nitrogens is 2. The second kappa shape index (κ2) is 6.23. The number of rotatable bonds is 5. The van der Waals surface area contributed by atoms with Gasteiger partial charge in [-0.3, -0.25) is 0 Å². The number of nitrogens with zero attached hydrogens (tertiary/aromatic N) is 3. The van der Waals surface area contributed by atoms with Crippen molar-refractivity contribution < 1.29 is 4.74 Å². The third-order valence-corrected chi connectivity index (χ3v) is 2.78. The summed E-state index contributed by atoms with van der Waals surface area (Å²) >= 11 is 0. The SMILES string of the molecule is CCCOc1ccc(C)cc1C=Nn1cc(C)nc1N. The van der Waals surface area contributed by atoms with E-state index in [-0.39, 0.29) is 0 Å². The summed E-state index contributed by atoms with van der Waals surface area (Å²) in [4.78, 5) is 4.11. The summed E-state index contributed by atoms with van der Waals surface area (Å²) in [5.74, 6) is 1.21. The number of nitrogen functional groups attached to an aromatic ring is 1. The van der Waals surface area contributed by atoms with Gasteiger partial charge in [0.15, 0.2) is 0 Å². The normalized spacial score (nSPS) is 11.2. The Morgan fingerprint density at radius 2 is 2.20 bits per heavy atom. The van der Waals surface area contributed by atoms with Crippen LogP contribution in [0.1, 0.15) is 30.2 Å². The number of nitrogens with two attached hydrogens (primary N) is 1. The van der Waals surface area contributed by atoms with Gasteiger partial charge in [-0.05, 0) is 32.4 Å². The topological polar surface area (TPSA) is 65.4 Å². The third-order valence-electron chi connectivity index (χ3n) is 2.78.